The van der Waals surface area contributed by atoms with E-state index in [1.165, 1.54) is 0 Å². The number of aromatic nitrogens is 1. The van der Waals surface area contributed by atoms with Gasteiger partial charge in [-0.3, -0.25) is 14.6 Å². The first-order valence-corrected chi connectivity index (χ1v) is 11.6. The van der Waals surface area contributed by atoms with Gasteiger partial charge >= 0.3 is 5.97 Å². The second-order valence-corrected chi connectivity index (χ2v) is 9.22. The van der Waals surface area contributed by atoms with E-state index < -0.39 is 17.4 Å². The molecule has 3 aromatic rings. The summed E-state index contributed by atoms with van der Waals surface area (Å²) in [5, 5.41) is 16.1. The molecule has 7 nitrogen and oxygen atoms in total. The van der Waals surface area contributed by atoms with Crippen LogP contribution in [0.1, 0.15) is 54.9 Å². The van der Waals surface area contributed by atoms with Crippen molar-refractivity contribution in [2.24, 2.45) is 5.41 Å². The lowest BCUT2D eigenvalue weighted by molar-refractivity contribution is -0.144. The number of carbonyl (C=O) groups excluding carboxylic acids is 2. The first-order chi connectivity index (χ1) is 16.4. The Labute approximate surface area is 198 Å². The molecule has 1 atom stereocenters. The summed E-state index contributed by atoms with van der Waals surface area (Å²) in [7, 11) is 0. The van der Waals surface area contributed by atoms with Crippen LogP contribution < -0.4 is 10.6 Å². The van der Waals surface area contributed by atoms with Crippen LogP contribution in [-0.2, 0) is 16.0 Å². The van der Waals surface area contributed by atoms with Crippen LogP contribution in [0.25, 0.3) is 10.9 Å². The lowest BCUT2D eigenvalue weighted by Crippen LogP contribution is -2.49. The highest BCUT2D eigenvalue weighted by Crippen LogP contribution is 2.36. The number of amides is 2. The Morgan fingerprint density at radius 1 is 1.00 bits per heavy atom. The number of pyridine rings is 1. The van der Waals surface area contributed by atoms with Crippen LogP contribution in [0.4, 0.5) is 5.69 Å². The zero-order chi connectivity index (χ0) is 24.1. The number of nitrogens with zero attached hydrogens (tertiary/aromatic N) is 1. The van der Waals surface area contributed by atoms with Gasteiger partial charge in [0.05, 0.1) is 11.1 Å². The fourth-order valence-electron chi connectivity index (χ4n) is 4.54. The summed E-state index contributed by atoms with van der Waals surface area (Å²) < 4.78 is 0. The normalized spacial score (nSPS) is 15.9. The van der Waals surface area contributed by atoms with E-state index in [1.54, 1.807) is 36.5 Å². The third-order valence-electron chi connectivity index (χ3n) is 6.65. The molecule has 1 aromatic heterocycles. The topological polar surface area (TPSA) is 108 Å². The van der Waals surface area contributed by atoms with Crippen LogP contribution >= 0.6 is 0 Å². The minimum Gasteiger partial charge on any atom is -0.480 e. The first-order valence-electron chi connectivity index (χ1n) is 11.6. The van der Waals surface area contributed by atoms with Crippen LogP contribution in [-0.4, -0.2) is 33.9 Å². The molecule has 1 saturated carbocycles. The van der Waals surface area contributed by atoms with Crippen LogP contribution in [0.3, 0.4) is 0 Å². The molecular weight excluding hydrogens is 430 g/mol. The predicted octanol–water partition coefficient (Wildman–Crippen LogP) is 4.57. The highest BCUT2D eigenvalue weighted by atomic mass is 16.4. The molecule has 1 aliphatic carbocycles. The Kier molecular flexibility index (Phi) is 6.91. The average molecular weight is 460 g/mol. The number of para-hydroxylation sites is 1. The Morgan fingerprint density at radius 3 is 2.41 bits per heavy atom. The number of fused-ring (bicyclic) bond motifs is 1. The molecular formula is C27H29N3O4. The predicted molar refractivity (Wildman–Crippen MR) is 131 cm³/mol. The molecule has 0 unspecified atom stereocenters. The largest absolute Gasteiger partial charge is 0.480 e. The van der Waals surface area contributed by atoms with Crippen LogP contribution in [0, 0.1) is 5.41 Å². The molecule has 176 valence electrons. The van der Waals surface area contributed by atoms with E-state index in [1.807, 2.05) is 31.2 Å². The number of benzene rings is 2. The van der Waals surface area contributed by atoms with Crippen molar-refractivity contribution < 1.29 is 19.5 Å². The second kappa shape index (κ2) is 10.0. The first kappa shape index (κ1) is 23.4. The summed E-state index contributed by atoms with van der Waals surface area (Å²) in [5.41, 5.74) is 2.13. The van der Waals surface area contributed by atoms with Gasteiger partial charge in [0.1, 0.15) is 6.04 Å². The summed E-state index contributed by atoms with van der Waals surface area (Å²) in [6.45, 7) is 1.92. The number of nitrogens with one attached hydrogen (secondary N) is 2. The van der Waals surface area contributed by atoms with Crippen LogP contribution in [0.5, 0.6) is 0 Å². The molecule has 34 heavy (non-hydrogen) atoms. The zero-order valence-corrected chi connectivity index (χ0v) is 19.2. The molecule has 2 amide bonds. The van der Waals surface area contributed by atoms with E-state index in [2.05, 4.69) is 15.6 Å². The average Bonchev–Trinajstić information content (AvgIpc) is 2.84. The van der Waals surface area contributed by atoms with E-state index in [4.69, 9.17) is 0 Å². The van der Waals surface area contributed by atoms with Crippen molar-refractivity contribution in [3.63, 3.8) is 0 Å². The van der Waals surface area contributed by atoms with Crippen molar-refractivity contribution in [2.45, 2.75) is 51.5 Å². The maximum absolute atomic E-state index is 12.8. The number of carboxylic acids is 1. The maximum atomic E-state index is 12.8. The summed E-state index contributed by atoms with van der Waals surface area (Å²) in [6, 6.07) is 15.1. The summed E-state index contributed by atoms with van der Waals surface area (Å²) in [4.78, 5) is 41.7. The fourth-order valence-corrected chi connectivity index (χ4v) is 4.54. The molecule has 4 rings (SSSR count). The van der Waals surface area contributed by atoms with Gasteiger partial charge in [-0.1, -0.05) is 56.5 Å². The molecule has 1 fully saturated rings. The molecule has 0 saturated heterocycles. The zero-order valence-electron chi connectivity index (χ0n) is 19.2. The highest BCUT2D eigenvalue weighted by molar-refractivity contribution is 6.12. The lowest BCUT2D eigenvalue weighted by atomic mass is 9.75. The van der Waals surface area contributed by atoms with Crippen LogP contribution in [0.15, 0.2) is 60.8 Å². The van der Waals surface area contributed by atoms with Crippen molar-refractivity contribution in [3.05, 3.63) is 71.9 Å². The molecule has 0 radical (unpaired) electrons. The molecule has 0 bridgehead atoms. The van der Waals surface area contributed by atoms with Gasteiger partial charge < -0.3 is 15.7 Å². The van der Waals surface area contributed by atoms with Crippen LogP contribution in [0.2, 0.25) is 0 Å². The van der Waals surface area contributed by atoms with E-state index in [-0.39, 0.29) is 18.2 Å². The Morgan fingerprint density at radius 2 is 1.71 bits per heavy atom. The van der Waals surface area contributed by atoms with Gasteiger partial charge in [0.15, 0.2) is 0 Å². The fraction of sp³-hybridized carbons (Fsp3) is 0.333. The standard InChI is InChI=1S/C27H29N3O4/c1-27(14-5-2-6-15-27)26(34)30-23(25(32)33)17-18-9-11-19(12-10-18)29-24(31)21-13-16-28-22-8-4-3-7-20(21)22/h3-4,7-13,16,23H,2,5-6,14-15,17H2,1H3,(H,29,31)(H,30,34)(H,32,33)/t23-/m0/s1. The molecule has 7 heteroatoms. The molecule has 0 spiro atoms. The van der Waals surface area contributed by atoms with Gasteiger partial charge in [0.25, 0.3) is 5.91 Å². The Bertz CT molecular complexity index is 1190. The number of carboxylic acid groups (broad SMARTS) is 1. The van der Waals surface area contributed by atoms with E-state index >= 15 is 0 Å². The number of carbonyl (C=O) groups is 3. The monoisotopic (exact) mass is 459 g/mol. The third-order valence-corrected chi connectivity index (χ3v) is 6.65. The Balaban J connectivity index is 1.41. The number of aliphatic carboxylic acids is 1. The van der Waals surface area contributed by atoms with Gasteiger partial charge in [-0.25, -0.2) is 4.79 Å². The van der Waals surface area contributed by atoms with Crippen molar-refractivity contribution in [3.8, 4) is 0 Å². The molecule has 3 N–H and O–H groups in total. The van der Waals surface area contributed by atoms with Gasteiger partial charge in [-0.15, -0.1) is 0 Å². The van der Waals surface area contributed by atoms with Gasteiger partial charge in [-0.2, -0.15) is 0 Å². The minimum atomic E-state index is -1.06. The maximum Gasteiger partial charge on any atom is 0.326 e. The van der Waals surface area contributed by atoms with Gasteiger partial charge in [0, 0.05) is 29.1 Å². The summed E-state index contributed by atoms with van der Waals surface area (Å²) >= 11 is 0. The van der Waals surface area contributed by atoms with Crippen molar-refractivity contribution in [1.29, 1.82) is 0 Å². The smallest absolute Gasteiger partial charge is 0.326 e. The van der Waals surface area contributed by atoms with E-state index in [0.717, 1.165) is 48.6 Å². The molecule has 0 aliphatic heterocycles. The highest BCUT2D eigenvalue weighted by Gasteiger charge is 2.36. The number of hydrogen-bond acceptors (Lipinski definition) is 4. The minimum absolute atomic E-state index is 0.167. The molecule has 2 aromatic carbocycles. The number of hydrogen-bond donors (Lipinski definition) is 3. The molecule has 1 heterocycles. The van der Waals surface area contributed by atoms with E-state index in [9.17, 15) is 19.5 Å². The van der Waals surface area contributed by atoms with Crippen molar-refractivity contribution >= 4 is 34.4 Å². The summed E-state index contributed by atoms with van der Waals surface area (Å²) in [6.07, 6.45) is 6.44. The van der Waals surface area contributed by atoms with Crippen molar-refractivity contribution in [1.82, 2.24) is 10.3 Å². The van der Waals surface area contributed by atoms with Gasteiger partial charge in [0.2, 0.25) is 5.91 Å². The third kappa shape index (κ3) is 5.25. The number of rotatable bonds is 7. The Hall–Kier alpha value is -3.74. The van der Waals surface area contributed by atoms with E-state index in [0.29, 0.717) is 11.3 Å². The second-order valence-electron chi connectivity index (χ2n) is 9.22. The lowest BCUT2D eigenvalue weighted by Gasteiger charge is -2.33. The van der Waals surface area contributed by atoms with Crippen molar-refractivity contribution in [2.75, 3.05) is 5.32 Å². The number of anilines is 1. The van der Waals surface area contributed by atoms with Gasteiger partial charge in [-0.05, 0) is 42.7 Å². The SMILES string of the molecule is CC1(C(=O)N[C@@H](Cc2ccc(NC(=O)c3ccnc4ccccc34)cc2)C(=O)O)CCCCC1. The summed E-state index contributed by atoms with van der Waals surface area (Å²) in [5.74, 6) is -1.49. The molecule has 1 aliphatic rings. The quantitative estimate of drug-likeness (QED) is 0.480.